The van der Waals surface area contributed by atoms with E-state index < -0.39 is 0 Å². The number of aryl methyl sites for hydroxylation is 2. The third-order valence-corrected chi connectivity index (χ3v) is 5.34. The van der Waals surface area contributed by atoms with Gasteiger partial charge in [-0.15, -0.1) is 0 Å². The van der Waals surface area contributed by atoms with E-state index in [1.165, 1.54) is 4.68 Å². The number of carbonyl (C=O) groups is 1. The zero-order chi connectivity index (χ0) is 21.7. The van der Waals surface area contributed by atoms with Crippen molar-refractivity contribution < 1.29 is 4.79 Å². The van der Waals surface area contributed by atoms with Gasteiger partial charge in [-0.2, -0.15) is 10.2 Å². The summed E-state index contributed by atoms with van der Waals surface area (Å²) >= 11 is 0. The SMILES string of the molecule is CCN(CC)CCCNC(=O)Cn1nc(C)c2nn(-c3ccccc3)c(C)c2c1=O. The third kappa shape index (κ3) is 4.59. The monoisotopic (exact) mass is 410 g/mol. The molecule has 2 heterocycles. The molecule has 0 bridgehead atoms. The number of hydrogen-bond donors (Lipinski definition) is 1. The van der Waals surface area contributed by atoms with Crippen LogP contribution in [0.3, 0.4) is 0 Å². The topological polar surface area (TPSA) is 85.1 Å². The second kappa shape index (κ2) is 9.67. The first-order chi connectivity index (χ1) is 14.5. The van der Waals surface area contributed by atoms with E-state index in [0.29, 0.717) is 23.1 Å². The lowest BCUT2D eigenvalue weighted by atomic mass is 10.2. The van der Waals surface area contributed by atoms with E-state index in [2.05, 4.69) is 34.3 Å². The van der Waals surface area contributed by atoms with Crippen LogP contribution < -0.4 is 10.9 Å². The predicted molar refractivity (Wildman–Crippen MR) is 118 cm³/mol. The molecule has 8 heteroatoms. The summed E-state index contributed by atoms with van der Waals surface area (Å²) in [5.41, 5.74) is 2.50. The molecule has 0 unspecified atom stereocenters. The summed E-state index contributed by atoms with van der Waals surface area (Å²) in [4.78, 5) is 27.7. The average Bonchev–Trinajstić information content (AvgIpc) is 3.10. The molecule has 0 atom stereocenters. The fourth-order valence-electron chi connectivity index (χ4n) is 3.60. The molecule has 0 aliphatic rings. The van der Waals surface area contributed by atoms with Crippen LogP contribution in [0.2, 0.25) is 0 Å². The molecule has 30 heavy (non-hydrogen) atoms. The number of nitrogens with zero attached hydrogens (tertiary/aromatic N) is 5. The van der Waals surface area contributed by atoms with E-state index in [-0.39, 0.29) is 18.0 Å². The van der Waals surface area contributed by atoms with E-state index in [1.54, 1.807) is 4.68 Å². The lowest BCUT2D eigenvalue weighted by molar-refractivity contribution is -0.121. The summed E-state index contributed by atoms with van der Waals surface area (Å²) in [7, 11) is 0. The van der Waals surface area contributed by atoms with Gasteiger partial charge < -0.3 is 10.2 Å². The van der Waals surface area contributed by atoms with Gasteiger partial charge in [0.15, 0.2) is 0 Å². The van der Waals surface area contributed by atoms with Crippen LogP contribution in [0, 0.1) is 13.8 Å². The van der Waals surface area contributed by atoms with Crippen LogP contribution in [0.15, 0.2) is 35.1 Å². The Labute approximate surface area is 176 Å². The Kier molecular flexibility index (Phi) is 6.99. The fourth-order valence-corrected chi connectivity index (χ4v) is 3.60. The summed E-state index contributed by atoms with van der Waals surface area (Å²) in [5.74, 6) is -0.212. The van der Waals surface area contributed by atoms with E-state index in [0.717, 1.165) is 37.4 Å². The number of nitrogens with one attached hydrogen (secondary N) is 1. The minimum atomic E-state index is -0.298. The average molecular weight is 411 g/mol. The van der Waals surface area contributed by atoms with Gasteiger partial charge in [0.25, 0.3) is 5.56 Å². The van der Waals surface area contributed by atoms with Gasteiger partial charge in [-0.05, 0) is 52.0 Å². The van der Waals surface area contributed by atoms with Gasteiger partial charge in [-0.3, -0.25) is 9.59 Å². The van der Waals surface area contributed by atoms with Crippen LogP contribution in [-0.4, -0.2) is 56.5 Å². The zero-order valence-electron chi connectivity index (χ0n) is 18.2. The largest absolute Gasteiger partial charge is 0.354 e. The summed E-state index contributed by atoms with van der Waals surface area (Å²) in [6.07, 6.45) is 0.872. The minimum absolute atomic E-state index is 0.100. The molecule has 3 rings (SSSR count). The standard InChI is InChI=1S/C22H30N6O2/c1-5-26(6-2)14-10-13-23-19(29)15-27-22(30)20-17(4)28(18-11-8-7-9-12-18)25-21(20)16(3)24-27/h7-9,11-12H,5-6,10,13-15H2,1-4H3,(H,23,29). The molecule has 8 nitrogen and oxygen atoms in total. The van der Waals surface area contributed by atoms with Crippen LogP contribution in [0.1, 0.15) is 31.7 Å². The Morgan fingerprint density at radius 1 is 1.10 bits per heavy atom. The van der Waals surface area contributed by atoms with Gasteiger partial charge in [-0.25, -0.2) is 9.36 Å². The van der Waals surface area contributed by atoms with Crippen molar-refractivity contribution in [3.63, 3.8) is 0 Å². The van der Waals surface area contributed by atoms with E-state index in [4.69, 9.17) is 0 Å². The molecule has 1 N–H and O–H groups in total. The maximum Gasteiger partial charge on any atom is 0.278 e. The van der Waals surface area contributed by atoms with Crippen LogP contribution in [0.4, 0.5) is 0 Å². The second-order valence-corrected chi connectivity index (χ2v) is 7.33. The van der Waals surface area contributed by atoms with E-state index in [9.17, 15) is 9.59 Å². The molecular formula is C22H30N6O2. The van der Waals surface area contributed by atoms with Crippen LogP contribution in [0.5, 0.6) is 0 Å². The summed E-state index contributed by atoms with van der Waals surface area (Å²) < 4.78 is 2.99. The van der Waals surface area contributed by atoms with Gasteiger partial charge in [0.1, 0.15) is 12.1 Å². The highest BCUT2D eigenvalue weighted by atomic mass is 16.2. The van der Waals surface area contributed by atoms with Crippen molar-refractivity contribution in [3.8, 4) is 5.69 Å². The van der Waals surface area contributed by atoms with Crippen LogP contribution in [-0.2, 0) is 11.3 Å². The molecule has 1 aromatic carbocycles. The molecular weight excluding hydrogens is 380 g/mol. The highest BCUT2D eigenvalue weighted by Gasteiger charge is 2.18. The number of carbonyl (C=O) groups excluding carboxylic acids is 1. The summed E-state index contributed by atoms with van der Waals surface area (Å²) in [5, 5.41) is 12.3. The Balaban J connectivity index is 1.77. The molecule has 160 valence electrons. The number of aromatic nitrogens is 4. The molecule has 0 saturated carbocycles. The number of fused-ring (bicyclic) bond motifs is 1. The summed E-state index contributed by atoms with van der Waals surface area (Å²) in [6, 6.07) is 9.66. The highest BCUT2D eigenvalue weighted by Crippen LogP contribution is 2.19. The Morgan fingerprint density at radius 2 is 1.80 bits per heavy atom. The van der Waals surface area contributed by atoms with Crippen molar-refractivity contribution in [1.82, 2.24) is 29.8 Å². The normalized spacial score (nSPS) is 11.4. The van der Waals surface area contributed by atoms with Crippen molar-refractivity contribution in [2.75, 3.05) is 26.2 Å². The van der Waals surface area contributed by atoms with Gasteiger partial charge in [0.05, 0.1) is 22.5 Å². The number of rotatable bonds is 9. The summed E-state index contributed by atoms with van der Waals surface area (Å²) in [6.45, 7) is 11.3. The van der Waals surface area contributed by atoms with Crippen LogP contribution in [0.25, 0.3) is 16.6 Å². The molecule has 0 aliphatic carbocycles. The third-order valence-electron chi connectivity index (χ3n) is 5.34. The second-order valence-electron chi connectivity index (χ2n) is 7.33. The van der Waals surface area contributed by atoms with Gasteiger partial charge in [-0.1, -0.05) is 32.0 Å². The maximum atomic E-state index is 13.0. The Bertz CT molecular complexity index is 1070. The van der Waals surface area contributed by atoms with Crippen molar-refractivity contribution in [3.05, 3.63) is 52.1 Å². The quantitative estimate of drug-likeness (QED) is 0.546. The molecule has 0 spiro atoms. The Morgan fingerprint density at radius 3 is 2.47 bits per heavy atom. The van der Waals surface area contributed by atoms with Crippen molar-refractivity contribution >= 4 is 16.8 Å². The molecule has 0 radical (unpaired) electrons. The molecule has 0 saturated heterocycles. The van der Waals surface area contributed by atoms with Crippen molar-refractivity contribution in [1.29, 1.82) is 0 Å². The van der Waals surface area contributed by atoms with E-state index >= 15 is 0 Å². The molecule has 0 aliphatic heterocycles. The molecule has 2 aromatic heterocycles. The van der Waals surface area contributed by atoms with Gasteiger partial charge >= 0.3 is 0 Å². The predicted octanol–water partition coefficient (Wildman–Crippen LogP) is 2.05. The molecule has 1 amide bonds. The Hall–Kier alpha value is -3.00. The van der Waals surface area contributed by atoms with E-state index in [1.807, 2.05) is 44.2 Å². The van der Waals surface area contributed by atoms with Gasteiger partial charge in [0.2, 0.25) is 5.91 Å². The smallest absolute Gasteiger partial charge is 0.278 e. The van der Waals surface area contributed by atoms with Crippen molar-refractivity contribution in [2.24, 2.45) is 0 Å². The first-order valence-corrected chi connectivity index (χ1v) is 10.5. The molecule has 0 fully saturated rings. The number of para-hydroxylation sites is 1. The maximum absolute atomic E-state index is 13.0. The van der Waals surface area contributed by atoms with Crippen LogP contribution >= 0.6 is 0 Å². The molecule has 3 aromatic rings. The van der Waals surface area contributed by atoms with Gasteiger partial charge in [0, 0.05) is 6.54 Å². The van der Waals surface area contributed by atoms with Crippen molar-refractivity contribution in [2.45, 2.75) is 40.7 Å². The minimum Gasteiger partial charge on any atom is -0.354 e. The first kappa shape index (κ1) is 21.7. The lowest BCUT2D eigenvalue weighted by Crippen LogP contribution is -2.35. The first-order valence-electron chi connectivity index (χ1n) is 10.5. The fraction of sp³-hybridized carbons (Fsp3) is 0.455. The highest BCUT2D eigenvalue weighted by molar-refractivity contribution is 5.83. The number of amides is 1. The number of benzene rings is 1. The zero-order valence-corrected chi connectivity index (χ0v) is 18.2. The lowest BCUT2D eigenvalue weighted by Gasteiger charge is -2.17. The number of hydrogen-bond acceptors (Lipinski definition) is 5.